The van der Waals surface area contributed by atoms with Crippen molar-refractivity contribution in [2.45, 2.75) is 0 Å². The van der Waals surface area contributed by atoms with Crippen LogP contribution < -0.4 is 21.5 Å². The Morgan fingerprint density at radius 3 is 0.246 bits per heavy atom. The molecule has 0 N–H and O–H groups in total. The van der Waals surface area contributed by atoms with Crippen LogP contribution in [0.15, 0.2) is 0 Å². The summed E-state index contributed by atoms with van der Waals surface area (Å²) < 4.78 is 403. The zero-order chi connectivity index (χ0) is 51.9. The van der Waals surface area contributed by atoms with E-state index in [0.29, 0.717) is 0 Å². The molecule has 0 bridgehead atoms. The van der Waals surface area contributed by atoms with Crippen LogP contribution in [0.25, 0.3) is 0 Å². The second-order valence-corrected chi connectivity index (χ2v) is 25.3. The summed E-state index contributed by atoms with van der Waals surface area (Å²) in [5.74, 6) is -88.6. The third-order valence-corrected chi connectivity index (χ3v) is 24.8. The zero-order valence-electron chi connectivity index (χ0n) is 31.0. The molecule has 0 nitrogen and oxygen atoms in total. The van der Waals surface area contributed by atoms with Crippen molar-refractivity contribution in [3.8, 4) is 0 Å². The van der Waals surface area contributed by atoms with E-state index in [2.05, 4.69) is 0 Å². The second kappa shape index (κ2) is 20.8. The minimum atomic E-state index is -6.80. The number of benzene rings is 6. The Labute approximate surface area is 392 Å². The van der Waals surface area contributed by atoms with Crippen molar-refractivity contribution in [2.24, 2.45) is 0 Å². The third kappa shape index (κ3) is 9.07. The zero-order valence-corrected chi connectivity index (χ0v) is 42.3. The fourth-order valence-electron chi connectivity index (χ4n) is 5.70. The summed E-state index contributed by atoms with van der Waals surface area (Å²) in [6, 6.07) is 0. The van der Waals surface area contributed by atoms with Gasteiger partial charge in [0.25, 0.3) is 0 Å². The predicted octanol–water partition coefficient (Wildman–Crippen LogP) is 8.58. The fourth-order valence-corrected chi connectivity index (χ4v) is 21.3. The largest absolute Gasteiger partial charge is 0 e. The molecule has 0 amide bonds. The van der Waals surface area contributed by atoms with Gasteiger partial charge in [0.2, 0.25) is 0 Å². The molecule has 0 fully saturated rings. The van der Waals surface area contributed by atoms with Crippen molar-refractivity contribution in [1.29, 1.82) is 0 Å². The molecule has 0 saturated carbocycles. The molecule has 2 radical (unpaired) electrons. The van der Waals surface area contributed by atoms with Gasteiger partial charge in [-0.2, -0.15) is 0 Å². The molecule has 0 spiro atoms. The first-order valence-electron chi connectivity index (χ1n) is 16.2. The van der Waals surface area contributed by atoms with Crippen molar-refractivity contribution in [3.63, 3.8) is 0 Å². The summed E-state index contributed by atoms with van der Waals surface area (Å²) in [7, 11) is 0. The van der Waals surface area contributed by atoms with E-state index in [9.17, 15) is 132 Å². The van der Waals surface area contributed by atoms with Crippen LogP contribution in [0, 0.1) is 175 Å². The van der Waals surface area contributed by atoms with E-state index in [0.717, 1.165) is 0 Å². The average Bonchev–Trinajstić information content (AvgIpc) is 3.31. The van der Waals surface area contributed by atoms with Crippen LogP contribution in [-0.4, -0.2) is 39.5 Å². The maximum absolute atomic E-state index is 14.4. The molecule has 6 aromatic carbocycles. The van der Waals surface area contributed by atoms with Crippen molar-refractivity contribution in [2.75, 3.05) is 0 Å². The van der Waals surface area contributed by atoms with Crippen molar-refractivity contribution >= 4 is 61.0 Å². The number of rotatable bonds is 6. The summed E-state index contributed by atoms with van der Waals surface area (Å²) in [5.41, 5.74) is 0. The molecule has 0 saturated heterocycles. The summed E-state index contributed by atoms with van der Waals surface area (Å²) in [6.45, 7) is 0. The van der Waals surface area contributed by atoms with Gasteiger partial charge in [-0.05, 0) is 0 Å². The number of hydrogen-bond donors (Lipinski definition) is 0. The monoisotopic (exact) mass is 1440 g/mol. The van der Waals surface area contributed by atoms with Gasteiger partial charge in [0.05, 0.1) is 0 Å². The van der Waals surface area contributed by atoms with Crippen LogP contribution in [-0.2, 0) is 27.7 Å². The standard InChI is InChI=1S/6C6F5.Hg.2Sn/c6*7-2-1-3(8)5(10)6(11)4(2)9;;;. The molecule has 69 heavy (non-hydrogen) atoms. The average molecular weight is 1440 g/mol. The van der Waals surface area contributed by atoms with Gasteiger partial charge in [0.15, 0.2) is 0 Å². The summed E-state index contributed by atoms with van der Waals surface area (Å²) in [5, 5.41) is 0. The van der Waals surface area contributed by atoms with E-state index in [4.69, 9.17) is 0 Å². The van der Waals surface area contributed by atoms with E-state index in [1.165, 1.54) is 0 Å². The molecule has 0 aliphatic rings. The Balaban J connectivity index is 0.000000296. The summed E-state index contributed by atoms with van der Waals surface area (Å²) in [4.78, 5) is 0. The smallest absolute Gasteiger partial charge is 0 e. The molecule has 6 rings (SSSR count). The van der Waals surface area contributed by atoms with Gasteiger partial charge >= 0.3 is 367 Å². The maximum Gasteiger partial charge on any atom is 0 e. The molecule has 364 valence electrons. The topological polar surface area (TPSA) is 0 Å². The van der Waals surface area contributed by atoms with Crippen LogP contribution in [0.1, 0.15) is 0 Å². The maximum atomic E-state index is 14.4. The van der Waals surface area contributed by atoms with Crippen molar-refractivity contribution < 1.29 is 159 Å². The molecular weight excluding hydrogens is 1440 g/mol. The molecule has 0 unspecified atom stereocenters. The molecular formula is C36F30HgSn2. The van der Waals surface area contributed by atoms with Crippen LogP contribution in [0.3, 0.4) is 0 Å². The van der Waals surface area contributed by atoms with Gasteiger partial charge in [-0.3, -0.25) is 0 Å². The Kier molecular flexibility index (Phi) is 17.3. The predicted molar refractivity (Wildman–Crippen MR) is 167 cm³/mol. The van der Waals surface area contributed by atoms with Crippen molar-refractivity contribution in [3.05, 3.63) is 175 Å². The normalized spacial score (nSPS) is 11.5. The van der Waals surface area contributed by atoms with Gasteiger partial charge in [-0.25, -0.2) is 0 Å². The molecule has 0 aliphatic heterocycles. The SMILES string of the molecule is Fc1c(F)c(F)[c]([Sn]([c]2c(F)c(F)c(F)c(F)c2F)[c]2c(F)c(F)c(F)c(F)c2F)c(F)c1F.Fc1c(F)c(F)[c]([Sn]([c]2c(F)c(F)c(F)c(F)c2F)[c]2c(F)c(F)c(F)c(F)c2F)c(F)c1F.[Hg]. The van der Waals surface area contributed by atoms with Gasteiger partial charge in [0, 0.05) is 27.7 Å². The van der Waals surface area contributed by atoms with Gasteiger partial charge < -0.3 is 0 Å². The third-order valence-electron chi connectivity index (χ3n) is 8.76. The van der Waals surface area contributed by atoms with E-state index in [-0.39, 0.29) is 27.7 Å². The van der Waals surface area contributed by atoms with Gasteiger partial charge in [-0.1, -0.05) is 0 Å². The number of hydrogen-bond acceptors (Lipinski definition) is 0. The minimum absolute atomic E-state index is 0. The van der Waals surface area contributed by atoms with E-state index in [1.54, 1.807) is 0 Å². The molecule has 0 aliphatic carbocycles. The van der Waals surface area contributed by atoms with E-state index >= 15 is 0 Å². The first-order valence-corrected chi connectivity index (χ1v) is 24.7. The second-order valence-electron chi connectivity index (χ2n) is 12.4. The van der Waals surface area contributed by atoms with Crippen molar-refractivity contribution in [1.82, 2.24) is 0 Å². The van der Waals surface area contributed by atoms with Crippen LogP contribution in [0.5, 0.6) is 0 Å². The van der Waals surface area contributed by atoms with E-state index in [1.807, 2.05) is 0 Å². The molecule has 33 heteroatoms. The van der Waals surface area contributed by atoms with Crippen LogP contribution in [0.2, 0.25) is 0 Å². The van der Waals surface area contributed by atoms with Gasteiger partial charge in [-0.15, -0.1) is 0 Å². The van der Waals surface area contributed by atoms with Crippen LogP contribution in [0.4, 0.5) is 132 Å². The Morgan fingerprint density at radius 1 is 0.116 bits per heavy atom. The Hall–Kier alpha value is -4.25. The first-order chi connectivity index (χ1) is 31.3. The Morgan fingerprint density at radius 2 is 0.174 bits per heavy atom. The first kappa shape index (κ1) is 57.3. The molecule has 6 aromatic rings. The minimum Gasteiger partial charge on any atom is 0 e. The fraction of sp³-hybridized carbons (Fsp3) is 0. The number of halogens is 30. The quantitative estimate of drug-likeness (QED) is 0.0680. The molecule has 0 aromatic heterocycles. The Bertz CT molecular complexity index is 2450. The summed E-state index contributed by atoms with van der Waals surface area (Å²) in [6.07, 6.45) is 0. The summed E-state index contributed by atoms with van der Waals surface area (Å²) >= 11 is -13.6. The van der Waals surface area contributed by atoms with Gasteiger partial charge in [0.1, 0.15) is 0 Å². The van der Waals surface area contributed by atoms with E-state index < -0.39 is 236 Å². The molecule has 0 atom stereocenters. The molecule has 0 heterocycles. The van der Waals surface area contributed by atoms with Crippen LogP contribution >= 0.6 is 0 Å².